The van der Waals surface area contributed by atoms with E-state index in [9.17, 15) is 18.4 Å². The Morgan fingerprint density at radius 1 is 1.07 bits per heavy atom. The van der Waals surface area contributed by atoms with Gasteiger partial charge in [0.05, 0.1) is 24.0 Å². The molecule has 0 unspecified atom stereocenters. The molecular weight excluding hydrogens is 598 g/mol. The molecule has 2 aliphatic rings. The van der Waals surface area contributed by atoms with Crippen LogP contribution in [-0.2, 0) is 9.57 Å². The number of nitrogens with zero attached hydrogens (tertiary/aromatic N) is 5. The van der Waals surface area contributed by atoms with E-state index < -0.39 is 29.9 Å². The normalized spacial score (nSPS) is 18.0. The Balaban J connectivity index is 1.27. The van der Waals surface area contributed by atoms with E-state index in [4.69, 9.17) is 14.7 Å². The molecule has 3 aromatic heterocycles. The van der Waals surface area contributed by atoms with Gasteiger partial charge < -0.3 is 15.4 Å². The van der Waals surface area contributed by atoms with E-state index in [-0.39, 0.29) is 24.1 Å². The third-order valence-electron chi connectivity index (χ3n) is 7.87. The average Bonchev–Trinajstić information content (AvgIpc) is 3.68. The number of ether oxygens (including phenoxy) is 1. The smallest absolute Gasteiger partial charge is 0.320 e. The number of amides is 3. The van der Waals surface area contributed by atoms with Gasteiger partial charge in [-0.15, -0.1) is 0 Å². The molecule has 4 aromatic rings. The van der Waals surface area contributed by atoms with E-state index in [1.807, 2.05) is 50.2 Å². The maximum absolute atomic E-state index is 14.1. The van der Waals surface area contributed by atoms with E-state index in [0.717, 1.165) is 18.9 Å². The van der Waals surface area contributed by atoms with Crippen molar-refractivity contribution < 1.29 is 27.9 Å². The van der Waals surface area contributed by atoms with E-state index in [2.05, 4.69) is 25.9 Å². The maximum Gasteiger partial charge on any atom is 0.320 e. The second-order valence-electron chi connectivity index (χ2n) is 11.4. The number of urea groups is 1. The summed E-state index contributed by atoms with van der Waals surface area (Å²) in [6.07, 6.45) is 3.92. The number of hydrogen-bond donors (Lipinski definition) is 3. The summed E-state index contributed by atoms with van der Waals surface area (Å²) in [6.45, 7) is 4.67. The van der Waals surface area contributed by atoms with Gasteiger partial charge in [-0.25, -0.2) is 18.9 Å². The molecule has 3 N–H and O–H groups in total. The summed E-state index contributed by atoms with van der Waals surface area (Å²) in [5.41, 5.74) is 3.96. The Kier molecular flexibility index (Phi) is 9.01. The summed E-state index contributed by atoms with van der Waals surface area (Å²) in [4.78, 5) is 40.1. The van der Waals surface area contributed by atoms with Crippen LogP contribution in [0.15, 0.2) is 54.9 Å². The van der Waals surface area contributed by atoms with E-state index in [0.29, 0.717) is 52.7 Å². The molecule has 12 nitrogen and oxygen atoms in total. The summed E-state index contributed by atoms with van der Waals surface area (Å²) < 4.78 is 34.4. The van der Waals surface area contributed by atoms with E-state index in [1.54, 1.807) is 23.1 Å². The zero-order valence-corrected chi connectivity index (χ0v) is 25.6. The minimum atomic E-state index is -1.22. The first kappa shape index (κ1) is 31.2. The van der Waals surface area contributed by atoms with Crippen LogP contribution in [0.1, 0.15) is 46.1 Å². The van der Waals surface area contributed by atoms with Gasteiger partial charge in [0, 0.05) is 55.3 Å². The molecule has 4 heterocycles. The number of carbonyl (C=O) groups excluding carboxylic acids is 2. The molecule has 1 aliphatic heterocycles. The second kappa shape index (κ2) is 13.3. The number of pyridine rings is 2. The minimum absolute atomic E-state index is 0.203. The van der Waals surface area contributed by atoms with Crippen LogP contribution in [-0.4, -0.2) is 75.6 Å². The van der Waals surface area contributed by atoms with Crippen molar-refractivity contribution in [3.05, 3.63) is 89.0 Å². The van der Waals surface area contributed by atoms with Crippen LogP contribution in [0.25, 0.3) is 16.9 Å². The van der Waals surface area contributed by atoms with Crippen LogP contribution in [0.3, 0.4) is 0 Å². The quantitative estimate of drug-likeness (QED) is 0.221. The zero-order valence-electron chi connectivity index (χ0n) is 25.6. The molecule has 46 heavy (non-hydrogen) atoms. The maximum atomic E-state index is 14.1. The summed E-state index contributed by atoms with van der Waals surface area (Å²) in [7, 11) is 1.56. The van der Waals surface area contributed by atoms with Gasteiger partial charge in [0.25, 0.3) is 5.91 Å². The molecule has 6 rings (SSSR count). The molecule has 1 saturated carbocycles. The lowest BCUT2D eigenvalue weighted by atomic mass is 10.0. The summed E-state index contributed by atoms with van der Waals surface area (Å²) in [5.74, 6) is -2.13. The number of aryl methyl sites for hydroxylation is 1. The number of para-hydroxylation sites is 1. The van der Waals surface area contributed by atoms with Crippen molar-refractivity contribution in [2.75, 3.05) is 32.1 Å². The van der Waals surface area contributed by atoms with Crippen LogP contribution >= 0.6 is 0 Å². The van der Waals surface area contributed by atoms with Crippen molar-refractivity contribution in [2.24, 2.45) is 0 Å². The van der Waals surface area contributed by atoms with Crippen LogP contribution < -0.4 is 16.0 Å². The molecule has 240 valence electrons. The lowest BCUT2D eigenvalue weighted by Gasteiger charge is -2.19. The molecule has 2 atom stereocenters. The fourth-order valence-corrected chi connectivity index (χ4v) is 5.34. The number of carbonyl (C=O) groups is 2. The fraction of sp³-hybridized carbons (Fsp3) is 0.344. The van der Waals surface area contributed by atoms with Crippen LogP contribution in [0.2, 0.25) is 0 Å². The predicted molar refractivity (Wildman–Crippen MR) is 164 cm³/mol. The molecule has 14 heteroatoms. The molecule has 1 aromatic carbocycles. The Labute approximate surface area is 264 Å². The number of halogens is 2. The molecule has 0 radical (unpaired) electrons. The van der Waals surface area contributed by atoms with Gasteiger partial charge in [-0.3, -0.25) is 19.9 Å². The molecule has 2 fully saturated rings. The first-order valence-corrected chi connectivity index (χ1v) is 14.9. The van der Waals surface area contributed by atoms with Crippen molar-refractivity contribution in [1.29, 1.82) is 0 Å². The highest BCUT2D eigenvalue weighted by Crippen LogP contribution is 2.33. The van der Waals surface area contributed by atoms with Crippen molar-refractivity contribution in [3.63, 3.8) is 0 Å². The van der Waals surface area contributed by atoms with Gasteiger partial charge in [0.15, 0.2) is 5.82 Å². The third-order valence-corrected chi connectivity index (χ3v) is 7.87. The molecule has 1 saturated heterocycles. The third kappa shape index (κ3) is 6.73. The Bertz CT molecular complexity index is 1750. The highest BCUT2D eigenvalue weighted by Gasteiger charge is 2.37. The SMILES string of the molecule is COCCN1C[C@@H](NC(=O)Nc2c(C)c(-c3cnc(C(=O)NC4CC4)c(C)c3)nn2-c2ccccc2)[C@H](c2cnc(F)c(F)c2)O1. The van der Waals surface area contributed by atoms with Gasteiger partial charge in [-0.05, 0) is 56.5 Å². The van der Waals surface area contributed by atoms with Gasteiger partial charge in [-0.1, -0.05) is 18.2 Å². The summed E-state index contributed by atoms with van der Waals surface area (Å²) in [6, 6.07) is 11.2. The Morgan fingerprint density at radius 2 is 1.85 bits per heavy atom. The summed E-state index contributed by atoms with van der Waals surface area (Å²) >= 11 is 0. The number of methoxy groups -OCH3 is 1. The number of hydroxylamine groups is 2. The first-order valence-electron chi connectivity index (χ1n) is 14.9. The largest absolute Gasteiger partial charge is 0.383 e. The molecule has 3 amide bonds. The lowest BCUT2D eigenvalue weighted by Crippen LogP contribution is -2.42. The van der Waals surface area contributed by atoms with Crippen LogP contribution in [0.5, 0.6) is 0 Å². The topological polar surface area (TPSA) is 136 Å². The van der Waals surface area contributed by atoms with Crippen molar-refractivity contribution >= 4 is 17.8 Å². The monoisotopic (exact) mass is 632 g/mol. The Morgan fingerprint density at radius 3 is 2.54 bits per heavy atom. The number of rotatable bonds is 10. The second-order valence-corrected chi connectivity index (χ2v) is 11.4. The van der Waals surface area contributed by atoms with Gasteiger partial charge in [0.2, 0.25) is 5.95 Å². The highest BCUT2D eigenvalue weighted by molar-refractivity contribution is 5.95. The first-order chi connectivity index (χ1) is 22.2. The lowest BCUT2D eigenvalue weighted by molar-refractivity contribution is -0.154. The number of aromatic nitrogens is 4. The number of benzene rings is 1. The standard InChI is InChI=1S/C32H34F2N8O4/c1-18-13-20(15-35-26(18)31(43)37-22-9-10-22)27-19(2)30(42(40-27)23-7-5-4-6-8-23)39-32(44)38-25-17-41(11-12-45-3)46-28(25)21-14-24(33)29(34)36-16-21/h4-8,13-16,22,25,28H,9-12,17H2,1-3H3,(H,37,43)(H2,38,39,44)/t25-,28+/m1/s1. The number of anilines is 1. The van der Waals surface area contributed by atoms with Crippen LogP contribution in [0.4, 0.5) is 19.4 Å². The molecule has 1 aliphatic carbocycles. The average molecular weight is 633 g/mol. The Hall–Kier alpha value is -4.79. The van der Waals surface area contributed by atoms with Crippen molar-refractivity contribution in [2.45, 2.75) is 44.9 Å². The molecule has 0 bridgehead atoms. The number of hydrogen-bond acceptors (Lipinski definition) is 8. The minimum Gasteiger partial charge on any atom is -0.383 e. The number of nitrogens with one attached hydrogen (secondary N) is 3. The van der Waals surface area contributed by atoms with E-state index >= 15 is 0 Å². The summed E-state index contributed by atoms with van der Waals surface area (Å²) in [5, 5.41) is 15.3. The van der Waals surface area contributed by atoms with Crippen LogP contribution in [0, 0.1) is 25.6 Å². The van der Waals surface area contributed by atoms with Crippen molar-refractivity contribution in [3.8, 4) is 16.9 Å². The van der Waals surface area contributed by atoms with Gasteiger partial charge >= 0.3 is 6.03 Å². The van der Waals surface area contributed by atoms with Gasteiger partial charge in [0.1, 0.15) is 17.6 Å². The highest BCUT2D eigenvalue weighted by atomic mass is 19.2. The molecule has 0 spiro atoms. The van der Waals surface area contributed by atoms with Gasteiger partial charge in [-0.2, -0.15) is 14.6 Å². The zero-order chi connectivity index (χ0) is 32.4. The predicted octanol–water partition coefficient (Wildman–Crippen LogP) is 4.24. The molecular formula is C32H34F2N8O4. The fourth-order valence-electron chi connectivity index (χ4n) is 5.34. The van der Waals surface area contributed by atoms with Crippen molar-refractivity contribution in [1.82, 2.24) is 35.4 Å². The van der Waals surface area contributed by atoms with E-state index in [1.165, 1.54) is 6.20 Å².